The molecule has 2 aromatic carbocycles. The number of aliphatic hydroxyl groups excluding tert-OH is 2. The van der Waals surface area contributed by atoms with Crippen molar-refractivity contribution in [2.75, 3.05) is 26.4 Å². The lowest BCUT2D eigenvalue weighted by Crippen LogP contribution is -2.64. The Morgan fingerprint density at radius 3 is 2.34 bits per heavy atom. The van der Waals surface area contributed by atoms with E-state index in [1.54, 1.807) is 0 Å². The number of nitrogens with one attached hydrogen (secondary N) is 1. The predicted octanol–water partition coefficient (Wildman–Crippen LogP) is 12.2. The Balaban J connectivity index is 1.31. The number of carbonyl (C=O) groups excluding carboxylic acids is 1. The standard InChI is InChI=1S/C52H76N2O7S/c1-3-5-6-7-8-9-10-11-12-20-31-53-51(57)60-41-29-30-47-45(36-41)49-43(28-19-22-33-56)40(25-18-21-32-55)35-44-46(54-59-38-39-23-14-13-15-24-39)37-48(62-42-26-16-17-27-42)52(61-47,50(44)49)58-34-4-2/h4,13-15,23-24,29-30,35-36,40,42-43,48-50,55-56H,2-3,5-12,16-22,25-28,31-34,37-38H2,1H3,(H,53,57)/t40-,43+,48-,49+,50+,52+/m0/s1. The Morgan fingerprint density at radius 1 is 0.919 bits per heavy atom. The monoisotopic (exact) mass is 873 g/mol. The fourth-order valence-electron chi connectivity index (χ4n) is 10.5. The normalized spacial score (nSPS) is 24.8. The number of hydrogen-bond donors (Lipinski definition) is 3. The maximum absolute atomic E-state index is 13.3. The number of fused-ring (bicyclic) bond motifs is 2. The predicted molar refractivity (Wildman–Crippen MR) is 252 cm³/mol. The van der Waals surface area contributed by atoms with Crippen molar-refractivity contribution in [2.24, 2.45) is 22.9 Å². The highest BCUT2D eigenvalue weighted by atomic mass is 32.2. The smallest absolute Gasteiger partial charge is 0.412 e. The van der Waals surface area contributed by atoms with Gasteiger partial charge in [0.15, 0.2) is 0 Å². The Hall–Kier alpha value is -3.31. The molecule has 2 fully saturated rings. The lowest BCUT2D eigenvalue weighted by molar-refractivity contribution is -0.223. The summed E-state index contributed by atoms with van der Waals surface area (Å²) in [6, 6.07) is 16.0. The minimum absolute atomic E-state index is 0.0639. The first-order valence-corrected chi connectivity index (χ1v) is 25.3. The molecule has 1 amide bonds. The van der Waals surface area contributed by atoms with E-state index >= 15 is 0 Å². The number of allylic oxidation sites excluding steroid dienone is 1. The van der Waals surface area contributed by atoms with E-state index in [-0.39, 0.29) is 42.1 Å². The molecule has 2 aromatic rings. The molecule has 1 aliphatic heterocycles. The molecule has 0 saturated heterocycles. The van der Waals surface area contributed by atoms with Gasteiger partial charge in [-0.05, 0) is 86.1 Å². The zero-order chi connectivity index (χ0) is 43.4. The number of hydrogen-bond acceptors (Lipinski definition) is 9. The maximum atomic E-state index is 13.3. The molecule has 0 spiro atoms. The van der Waals surface area contributed by atoms with Crippen LogP contribution in [0, 0.1) is 17.8 Å². The van der Waals surface area contributed by atoms with Crippen molar-refractivity contribution >= 4 is 23.6 Å². The van der Waals surface area contributed by atoms with Crippen LogP contribution in [0.2, 0.25) is 0 Å². The van der Waals surface area contributed by atoms with Crippen molar-refractivity contribution in [2.45, 2.75) is 171 Å². The van der Waals surface area contributed by atoms with Crippen LogP contribution in [-0.4, -0.2) is 64.7 Å². The molecule has 1 heterocycles. The highest BCUT2D eigenvalue weighted by Crippen LogP contribution is 2.63. The third-order valence-corrected chi connectivity index (χ3v) is 15.2. The van der Waals surface area contributed by atoms with Gasteiger partial charge in [-0.2, -0.15) is 0 Å². The molecule has 2 saturated carbocycles. The van der Waals surface area contributed by atoms with Gasteiger partial charge in [0, 0.05) is 42.9 Å². The number of benzene rings is 2. The van der Waals surface area contributed by atoms with Gasteiger partial charge >= 0.3 is 6.09 Å². The summed E-state index contributed by atoms with van der Waals surface area (Å²) in [6.07, 6.45) is 26.7. The number of ether oxygens (including phenoxy) is 3. The summed E-state index contributed by atoms with van der Waals surface area (Å²) >= 11 is 1.99. The summed E-state index contributed by atoms with van der Waals surface area (Å²) in [7, 11) is 0. The quantitative estimate of drug-likeness (QED) is 0.0439. The van der Waals surface area contributed by atoms with E-state index < -0.39 is 11.9 Å². The number of amides is 1. The fourth-order valence-corrected chi connectivity index (χ4v) is 12.2. The van der Waals surface area contributed by atoms with Crippen LogP contribution >= 0.6 is 11.8 Å². The highest BCUT2D eigenvalue weighted by Gasteiger charge is 2.64. The largest absolute Gasteiger partial charge is 0.460 e. The minimum atomic E-state index is -1.01. The first-order chi connectivity index (χ1) is 30.5. The SMILES string of the molecule is C=CCO[C@@]12Oc3ccc(OC(=O)NCCCCCCCCCCCC)cc3[C@H]3[C@H](CCCCO)[C@@H](CCCCO)C=C(C(=NOCc4ccccc4)C[C@@H]1SC1CCCC1)[C@H]32. The van der Waals surface area contributed by atoms with Gasteiger partial charge < -0.3 is 34.6 Å². The molecule has 6 atom stereocenters. The molecular weight excluding hydrogens is 797 g/mol. The number of carbonyl (C=O) groups is 1. The van der Waals surface area contributed by atoms with E-state index in [4.69, 9.17) is 24.2 Å². The minimum Gasteiger partial charge on any atom is -0.460 e. The van der Waals surface area contributed by atoms with Crippen molar-refractivity contribution in [3.05, 3.63) is 84.0 Å². The highest BCUT2D eigenvalue weighted by molar-refractivity contribution is 8.00. The lowest BCUT2D eigenvalue weighted by Gasteiger charge is -2.58. The van der Waals surface area contributed by atoms with Crippen molar-refractivity contribution in [3.63, 3.8) is 0 Å². The molecule has 342 valence electrons. The van der Waals surface area contributed by atoms with E-state index in [9.17, 15) is 15.0 Å². The van der Waals surface area contributed by atoms with Crippen molar-refractivity contribution < 1.29 is 34.1 Å². The zero-order valence-electron chi connectivity index (χ0n) is 37.6. The summed E-state index contributed by atoms with van der Waals surface area (Å²) in [4.78, 5) is 19.5. The molecule has 0 radical (unpaired) electrons. The topological polar surface area (TPSA) is 119 Å². The van der Waals surface area contributed by atoms with E-state index in [1.165, 1.54) is 77.0 Å². The second-order valence-electron chi connectivity index (χ2n) is 18.0. The lowest BCUT2D eigenvalue weighted by atomic mass is 9.56. The van der Waals surface area contributed by atoms with Crippen LogP contribution in [-0.2, 0) is 16.2 Å². The maximum Gasteiger partial charge on any atom is 0.412 e. The van der Waals surface area contributed by atoms with Gasteiger partial charge in [0.05, 0.1) is 23.5 Å². The molecule has 3 aliphatic carbocycles. The van der Waals surface area contributed by atoms with E-state index in [2.05, 4.69) is 37.0 Å². The Labute approximate surface area is 376 Å². The van der Waals surface area contributed by atoms with Crippen molar-refractivity contribution in [1.82, 2.24) is 5.32 Å². The van der Waals surface area contributed by atoms with Crippen LogP contribution < -0.4 is 14.8 Å². The molecule has 4 aliphatic rings. The van der Waals surface area contributed by atoms with Crippen LogP contribution in [0.15, 0.2) is 78.0 Å². The summed E-state index contributed by atoms with van der Waals surface area (Å²) in [5, 5.41) is 28.3. The van der Waals surface area contributed by atoms with Crippen molar-refractivity contribution in [3.8, 4) is 11.5 Å². The molecule has 0 unspecified atom stereocenters. The first-order valence-electron chi connectivity index (χ1n) is 24.4. The molecule has 0 aromatic heterocycles. The summed E-state index contributed by atoms with van der Waals surface area (Å²) < 4.78 is 20.5. The fraction of sp³-hybridized carbons (Fsp3) is 0.654. The third kappa shape index (κ3) is 13.1. The summed E-state index contributed by atoms with van der Waals surface area (Å²) in [5.41, 5.74) is 4.12. The molecule has 6 rings (SSSR count). The van der Waals surface area contributed by atoms with Gasteiger partial charge in [0.25, 0.3) is 0 Å². The second-order valence-corrected chi connectivity index (χ2v) is 19.6. The van der Waals surface area contributed by atoms with E-state index in [1.807, 2.05) is 54.2 Å². The van der Waals surface area contributed by atoms with Gasteiger partial charge in [-0.15, -0.1) is 18.3 Å². The molecule has 0 bridgehead atoms. The van der Waals surface area contributed by atoms with E-state index in [0.717, 1.165) is 79.5 Å². The number of rotatable bonds is 28. The zero-order valence-corrected chi connectivity index (χ0v) is 38.4. The molecule has 10 heteroatoms. The Morgan fingerprint density at radius 2 is 1.63 bits per heavy atom. The van der Waals surface area contributed by atoms with Crippen LogP contribution in [0.3, 0.4) is 0 Å². The number of thioether (sulfide) groups is 1. The number of aliphatic hydroxyl groups is 2. The molecule has 62 heavy (non-hydrogen) atoms. The molecule has 9 nitrogen and oxygen atoms in total. The van der Waals surface area contributed by atoms with Crippen LogP contribution in [0.5, 0.6) is 11.5 Å². The first kappa shape index (κ1) is 48.2. The van der Waals surface area contributed by atoms with Gasteiger partial charge in [-0.1, -0.05) is 138 Å². The number of nitrogens with zero attached hydrogens (tertiary/aromatic N) is 1. The average Bonchev–Trinajstić information content (AvgIpc) is 3.80. The van der Waals surface area contributed by atoms with Gasteiger partial charge in [-0.25, -0.2) is 4.79 Å². The summed E-state index contributed by atoms with van der Waals surface area (Å²) in [5.74, 6) is 0.290. The van der Waals surface area contributed by atoms with E-state index in [0.29, 0.717) is 37.2 Å². The summed E-state index contributed by atoms with van der Waals surface area (Å²) in [6.45, 7) is 7.92. The number of oxime groups is 1. The average molecular weight is 873 g/mol. The van der Waals surface area contributed by atoms with Gasteiger partial charge in [0.2, 0.25) is 5.79 Å². The third-order valence-electron chi connectivity index (χ3n) is 13.5. The molecule has 3 N–H and O–H groups in total. The molecular formula is C52H76N2O7S. The van der Waals surface area contributed by atoms with Crippen molar-refractivity contribution in [1.29, 1.82) is 0 Å². The van der Waals surface area contributed by atoms with Crippen LogP contribution in [0.4, 0.5) is 4.79 Å². The second kappa shape index (κ2) is 25.8. The van der Waals surface area contributed by atoms with Crippen LogP contribution in [0.25, 0.3) is 0 Å². The van der Waals surface area contributed by atoms with Crippen LogP contribution in [0.1, 0.15) is 159 Å². The Bertz CT molecular complexity index is 1710. The Kier molecular flexibility index (Phi) is 20.1. The van der Waals surface area contributed by atoms with Gasteiger partial charge in [0.1, 0.15) is 18.1 Å². The number of unbranched alkanes of at least 4 members (excludes halogenated alkanes) is 11. The van der Waals surface area contributed by atoms with Gasteiger partial charge in [-0.3, -0.25) is 0 Å².